The Balaban J connectivity index is 1.70. The number of aliphatic hydroxyl groups excluding tert-OH is 2. The fourth-order valence-electron chi connectivity index (χ4n) is 6.99. The van der Waals surface area contributed by atoms with E-state index < -0.39 is 19.8 Å². The summed E-state index contributed by atoms with van der Waals surface area (Å²) in [4.78, 5) is 12.8. The maximum atomic E-state index is 13.1. The van der Waals surface area contributed by atoms with Gasteiger partial charge in [0, 0.05) is 6.42 Å². The molecular weight excluding hydrogens is 499 g/mol. The van der Waals surface area contributed by atoms with Gasteiger partial charge >= 0.3 is 7.60 Å². The number of hydrogen-bond donors (Lipinski definition) is 2. The van der Waals surface area contributed by atoms with Crippen molar-refractivity contribution in [3.63, 3.8) is 0 Å². The smallest absolute Gasteiger partial charge is 0.338 e. The van der Waals surface area contributed by atoms with Crippen molar-refractivity contribution in [3.8, 4) is 0 Å². The minimum absolute atomic E-state index is 0.148. The number of fused-ring (bicyclic) bond motifs is 1. The van der Waals surface area contributed by atoms with Gasteiger partial charge in [0.2, 0.25) is 0 Å². The molecule has 0 saturated heterocycles. The molecule has 0 amide bonds. The first kappa shape index (κ1) is 31.2. The van der Waals surface area contributed by atoms with Crippen LogP contribution in [0.15, 0.2) is 47.6 Å². The number of carbonyl (C=O) groups is 1. The second kappa shape index (κ2) is 12.9. The van der Waals surface area contributed by atoms with Crippen molar-refractivity contribution in [1.82, 2.24) is 0 Å². The van der Waals surface area contributed by atoms with E-state index in [1.54, 1.807) is 33.8 Å². The fraction of sp³-hybridized carbons (Fsp3) is 0.710. The van der Waals surface area contributed by atoms with Crippen molar-refractivity contribution >= 4 is 13.4 Å². The molecule has 3 aliphatic carbocycles. The van der Waals surface area contributed by atoms with Crippen molar-refractivity contribution in [1.29, 1.82) is 0 Å². The van der Waals surface area contributed by atoms with Crippen LogP contribution in [-0.2, 0) is 18.4 Å². The van der Waals surface area contributed by atoms with Crippen LogP contribution in [0.2, 0.25) is 0 Å². The second-order valence-electron chi connectivity index (χ2n) is 12.4. The highest BCUT2D eigenvalue weighted by atomic mass is 31.2. The molecule has 38 heavy (non-hydrogen) atoms. The largest absolute Gasteiger partial charge is 0.393 e. The SMILES string of the molecule is C=C1/C(=C\C=C2/CCC[C@]3(C)[C@@H]([C@H](C)/C=C/C(=O)CP(=O)(OC(C)C)OC(C)C)CC[C@@H]23)C[C@@H](O)C[C@@H]1O. The van der Waals surface area contributed by atoms with E-state index in [1.807, 2.05) is 6.08 Å². The van der Waals surface area contributed by atoms with Crippen LogP contribution in [0.5, 0.6) is 0 Å². The molecule has 2 N–H and O–H groups in total. The van der Waals surface area contributed by atoms with Gasteiger partial charge in [-0.25, -0.2) is 0 Å². The van der Waals surface area contributed by atoms with E-state index in [-0.39, 0.29) is 35.5 Å². The maximum absolute atomic E-state index is 13.1. The van der Waals surface area contributed by atoms with Crippen molar-refractivity contribution in [2.24, 2.45) is 23.2 Å². The summed E-state index contributed by atoms with van der Waals surface area (Å²) < 4.78 is 24.2. The van der Waals surface area contributed by atoms with E-state index in [4.69, 9.17) is 9.05 Å². The van der Waals surface area contributed by atoms with Crippen molar-refractivity contribution in [2.75, 3.05) is 6.16 Å². The van der Waals surface area contributed by atoms with E-state index in [9.17, 15) is 19.6 Å². The zero-order chi connectivity index (χ0) is 28.3. The van der Waals surface area contributed by atoms with Gasteiger partial charge in [-0.15, -0.1) is 0 Å². The van der Waals surface area contributed by atoms with Crippen LogP contribution < -0.4 is 0 Å². The normalized spacial score (nSPS) is 33.6. The zero-order valence-electron chi connectivity index (χ0n) is 24.2. The van der Waals surface area contributed by atoms with E-state index in [0.717, 1.165) is 43.3 Å². The monoisotopic (exact) mass is 548 g/mol. The minimum Gasteiger partial charge on any atom is -0.393 e. The molecule has 0 radical (unpaired) electrons. The molecule has 0 aromatic heterocycles. The van der Waals surface area contributed by atoms with Crippen molar-refractivity contribution in [2.45, 2.75) is 111 Å². The van der Waals surface area contributed by atoms with Crippen LogP contribution in [0.1, 0.15) is 86.5 Å². The van der Waals surface area contributed by atoms with Gasteiger partial charge in [0.05, 0.1) is 24.4 Å². The van der Waals surface area contributed by atoms with E-state index in [2.05, 4.69) is 32.6 Å². The average Bonchev–Trinajstić information content (AvgIpc) is 3.15. The third kappa shape index (κ3) is 7.67. The van der Waals surface area contributed by atoms with E-state index in [0.29, 0.717) is 24.7 Å². The van der Waals surface area contributed by atoms with Gasteiger partial charge in [-0.05, 0) is 107 Å². The van der Waals surface area contributed by atoms with Crippen LogP contribution in [0.3, 0.4) is 0 Å². The lowest BCUT2D eigenvalue weighted by atomic mass is 9.61. The highest BCUT2D eigenvalue weighted by Gasteiger charge is 2.50. The summed E-state index contributed by atoms with van der Waals surface area (Å²) in [7, 11) is -3.50. The van der Waals surface area contributed by atoms with Crippen LogP contribution >= 0.6 is 7.60 Å². The minimum atomic E-state index is -3.50. The molecule has 214 valence electrons. The quantitative estimate of drug-likeness (QED) is 0.227. The Labute approximate surface area is 229 Å². The number of aliphatic hydroxyl groups is 2. The fourth-order valence-corrected chi connectivity index (χ4v) is 8.96. The number of ketones is 1. The molecule has 0 unspecified atom stereocenters. The summed E-state index contributed by atoms with van der Waals surface area (Å²) in [5.41, 5.74) is 3.26. The molecular formula is C31H49O6P. The average molecular weight is 549 g/mol. The lowest BCUT2D eigenvalue weighted by molar-refractivity contribution is -0.112. The molecule has 0 aromatic rings. The predicted octanol–water partition coefficient (Wildman–Crippen LogP) is 6.93. The maximum Gasteiger partial charge on any atom is 0.338 e. The van der Waals surface area contributed by atoms with Crippen LogP contribution in [0.25, 0.3) is 0 Å². The number of rotatable bonds is 10. The Morgan fingerprint density at radius 2 is 1.79 bits per heavy atom. The van der Waals surface area contributed by atoms with Gasteiger partial charge in [-0.1, -0.05) is 44.2 Å². The van der Waals surface area contributed by atoms with Gasteiger partial charge in [0.15, 0.2) is 5.78 Å². The molecule has 3 fully saturated rings. The lowest BCUT2D eigenvalue weighted by Gasteiger charge is -2.44. The highest BCUT2D eigenvalue weighted by Crippen LogP contribution is 2.59. The molecule has 3 saturated carbocycles. The third-order valence-corrected chi connectivity index (χ3v) is 10.8. The van der Waals surface area contributed by atoms with Gasteiger partial charge in [-0.2, -0.15) is 0 Å². The zero-order valence-corrected chi connectivity index (χ0v) is 25.1. The topological polar surface area (TPSA) is 93.1 Å². The molecule has 0 spiro atoms. The molecule has 3 aliphatic rings. The van der Waals surface area contributed by atoms with Gasteiger partial charge in [0.1, 0.15) is 6.16 Å². The summed E-state index contributed by atoms with van der Waals surface area (Å²) in [6, 6.07) is 0. The molecule has 6 atom stereocenters. The highest BCUT2D eigenvalue weighted by molar-refractivity contribution is 7.55. The summed E-state index contributed by atoms with van der Waals surface area (Å²) in [6.45, 7) is 15.8. The van der Waals surface area contributed by atoms with Crippen LogP contribution in [0.4, 0.5) is 0 Å². The molecule has 0 aromatic carbocycles. The number of carbonyl (C=O) groups excluding carboxylic acids is 1. The van der Waals surface area contributed by atoms with E-state index >= 15 is 0 Å². The standard InChI is InChI=1S/C31H49O6P/c1-20(2)36-38(35,37-21(3)4)19-26(32)13-10-22(5)28-14-15-29-24(9-8-16-31(28,29)7)11-12-25-17-27(33)18-30(34)23(25)6/h10-13,20-22,27-30,33-34H,6,8-9,14-19H2,1-5,7H3/b13-10+,24-11+,25-12-/t22-,27-,28-,29+,30+,31-/m1/s1. The molecule has 0 heterocycles. The van der Waals surface area contributed by atoms with Gasteiger partial charge in [0.25, 0.3) is 0 Å². The van der Waals surface area contributed by atoms with E-state index in [1.165, 1.54) is 5.57 Å². The molecule has 7 heteroatoms. The summed E-state index contributed by atoms with van der Waals surface area (Å²) in [5.74, 6) is 0.919. The summed E-state index contributed by atoms with van der Waals surface area (Å²) in [5, 5.41) is 20.3. The molecule has 0 bridgehead atoms. The molecule has 3 rings (SSSR count). The number of hydrogen-bond acceptors (Lipinski definition) is 6. The van der Waals surface area contributed by atoms with Crippen LogP contribution in [-0.4, -0.2) is 46.6 Å². The Morgan fingerprint density at radius 1 is 1.13 bits per heavy atom. The predicted molar refractivity (Wildman–Crippen MR) is 153 cm³/mol. The number of allylic oxidation sites excluding steroid dienone is 5. The lowest BCUT2D eigenvalue weighted by Crippen LogP contribution is -2.35. The molecule has 6 nitrogen and oxygen atoms in total. The summed E-state index contributed by atoms with van der Waals surface area (Å²) >= 11 is 0. The molecule has 0 aliphatic heterocycles. The Bertz CT molecular complexity index is 994. The first-order chi connectivity index (χ1) is 17.7. The first-order valence-electron chi connectivity index (χ1n) is 14.4. The first-order valence-corrected chi connectivity index (χ1v) is 16.1. The van der Waals surface area contributed by atoms with Gasteiger partial charge < -0.3 is 19.3 Å². The third-order valence-electron chi connectivity index (χ3n) is 8.61. The summed E-state index contributed by atoms with van der Waals surface area (Å²) in [6.07, 6.45) is 12.3. The van der Waals surface area contributed by atoms with Crippen LogP contribution in [0, 0.1) is 23.2 Å². The Morgan fingerprint density at radius 3 is 2.42 bits per heavy atom. The Hall–Kier alpha value is -1.30. The van der Waals surface area contributed by atoms with Gasteiger partial charge in [-0.3, -0.25) is 9.36 Å². The van der Waals surface area contributed by atoms with Crippen molar-refractivity contribution in [3.05, 3.63) is 47.6 Å². The van der Waals surface area contributed by atoms with Crippen molar-refractivity contribution < 1.29 is 28.6 Å². The second-order valence-corrected chi connectivity index (χ2v) is 14.4. The Kier molecular flexibility index (Phi) is 10.6.